The van der Waals surface area contributed by atoms with Crippen LogP contribution in [0.2, 0.25) is 0 Å². The van der Waals surface area contributed by atoms with Crippen LogP contribution in [0.4, 0.5) is 10.8 Å². The molecule has 2 N–H and O–H groups in total. The van der Waals surface area contributed by atoms with Crippen molar-refractivity contribution >= 4 is 45.7 Å². The van der Waals surface area contributed by atoms with E-state index in [0.29, 0.717) is 22.7 Å². The van der Waals surface area contributed by atoms with Crippen LogP contribution in [-0.2, 0) is 22.6 Å². The molecule has 0 bridgehead atoms. The molecule has 0 fully saturated rings. The van der Waals surface area contributed by atoms with Crippen molar-refractivity contribution in [3.63, 3.8) is 0 Å². The molecular formula is C20H24N6O2S2. The summed E-state index contributed by atoms with van der Waals surface area (Å²) in [4.78, 5) is 29.2. The maximum atomic E-state index is 12.5. The highest BCUT2D eigenvalue weighted by Crippen LogP contribution is 2.24. The van der Waals surface area contributed by atoms with E-state index in [1.807, 2.05) is 55.0 Å². The summed E-state index contributed by atoms with van der Waals surface area (Å²) in [5.74, 6) is 0.251. The predicted octanol–water partition coefficient (Wildman–Crippen LogP) is 3.67. The van der Waals surface area contributed by atoms with Crippen molar-refractivity contribution in [1.29, 1.82) is 0 Å². The SMILES string of the molecule is CCn1c(CC(=O)Nc2ccccc2C)nnc1SC(C)C(=O)Nc1nc(C)cs1. The average Bonchev–Trinajstić information content (AvgIpc) is 3.28. The number of thioether (sulfide) groups is 1. The molecule has 1 unspecified atom stereocenters. The van der Waals surface area contributed by atoms with Gasteiger partial charge in [-0.2, -0.15) is 0 Å². The number of amides is 2. The van der Waals surface area contributed by atoms with Crippen molar-refractivity contribution in [1.82, 2.24) is 19.7 Å². The van der Waals surface area contributed by atoms with Crippen LogP contribution in [0.5, 0.6) is 0 Å². The molecule has 30 heavy (non-hydrogen) atoms. The molecule has 3 rings (SSSR count). The van der Waals surface area contributed by atoms with Crippen LogP contribution in [0, 0.1) is 13.8 Å². The van der Waals surface area contributed by atoms with Gasteiger partial charge < -0.3 is 15.2 Å². The smallest absolute Gasteiger partial charge is 0.239 e. The number of hydrogen-bond donors (Lipinski definition) is 2. The minimum atomic E-state index is -0.391. The van der Waals surface area contributed by atoms with Crippen LogP contribution in [-0.4, -0.2) is 36.8 Å². The Labute approximate surface area is 183 Å². The molecule has 1 atom stereocenters. The molecule has 2 aromatic heterocycles. The highest BCUT2D eigenvalue weighted by Gasteiger charge is 2.21. The second-order valence-electron chi connectivity index (χ2n) is 6.73. The minimum Gasteiger partial charge on any atom is -0.325 e. The summed E-state index contributed by atoms with van der Waals surface area (Å²) in [5, 5.41) is 16.8. The van der Waals surface area contributed by atoms with Gasteiger partial charge in [-0.1, -0.05) is 30.0 Å². The van der Waals surface area contributed by atoms with Crippen molar-refractivity contribution in [2.24, 2.45) is 0 Å². The van der Waals surface area contributed by atoms with E-state index in [4.69, 9.17) is 0 Å². The molecule has 3 aromatic rings. The van der Waals surface area contributed by atoms with E-state index >= 15 is 0 Å². The van der Waals surface area contributed by atoms with Crippen LogP contribution >= 0.6 is 23.1 Å². The van der Waals surface area contributed by atoms with Gasteiger partial charge in [-0.3, -0.25) is 9.59 Å². The third kappa shape index (κ3) is 5.45. The fourth-order valence-corrected chi connectivity index (χ4v) is 4.36. The van der Waals surface area contributed by atoms with E-state index in [1.165, 1.54) is 23.1 Å². The molecule has 2 heterocycles. The lowest BCUT2D eigenvalue weighted by molar-refractivity contribution is -0.116. The van der Waals surface area contributed by atoms with Gasteiger partial charge >= 0.3 is 0 Å². The number of thiazole rings is 1. The van der Waals surface area contributed by atoms with Crippen molar-refractivity contribution in [2.45, 2.75) is 51.1 Å². The molecule has 1 aromatic carbocycles. The Morgan fingerprint density at radius 3 is 2.63 bits per heavy atom. The van der Waals surface area contributed by atoms with E-state index in [2.05, 4.69) is 25.8 Å². The molecule has 2 amide bonds. The van der Waals surface area contributed by atoms with Gasteiger partial charge in [0.1, 0.15) is 5.82 Å². The third-order valence-corrected chi connectivity index (χ3v) is 6.30. The second kappa shape index (κ2) is 9.86. The number of aromatic nitrogens is 4. The van der Waals surface area contributed by atoms with Gasteiger partial charge in [0.2, 0.25) is 11.8 Å². The quantitative estimate of drug-likeness (QED) is 0.514. The standard InChI is InChI=1S/C20H24N6O2S2/c1-5-26-16(10-17(27)22-15-9-7-6-8-12(15)2)24-25-20(26)30-14(4)18(28)23-19-21-13(3)11-29-19/h6-9,11,14H,5,10H2,1-4H3,(H,22,27)(H,21,23,28). The van der Waals surface area contributed by atoms with Crippen molar-refractivity contribution < 1.29 is 9.59 Å². The maximum absolute atomic E-state index is 12.5. The van der Waals surface area contributed by atoms with Crippen LogP contribution < -0.4 is 10.6 Å². The van der Waals surface area contributed by atoms with Crippen LogP contribution in [0.15, 0.2) is 34.8 Å². The second-order valence-corrected chi connectivity index (χ2v) is 8.89. The molecule has 8 nitrogen and oxygen atoms in total. The zero-order valence-corrected chi connectivity index (χ0v) is 18.9. The average molecular weight is 445 g/mol. The van der Waals surface area contributed by atoms with Gasteiger partial charge in [0, 0.05) is 17.6 Å². The molecule has 0 aliphatic rings. The molecule has 158 valence electrons. The first-order chi connectivity index (χ1) is 14.4. The van der Waals surface area contributed by atoms with Gasteiger partial charge in [0.15, 0.2) is 10.3 Å². The Bertz CT molecular complexity index is 1050. The summed E-state index contributed by atoms with van der Waals surface area (Å²) in [7, 11) is 0. The highest BCUT2D eigenvalue weighted by molar-refractivity contribution is 8.00. The number of carbonyl (C=O) groups is 2. The number of para-hydroxylation sites is 1. The van der Waals surface area contributed by atoms with Gasteiger partial charge in [-0.15, -0.1) is 21.5 Å². The number of anilines is 2. The lowest BCUT2D eigenvalue weighted by atomic mass is 10.2. The summed E-state index contributed by atoms with van der Waals surface area (Å²) in [6.45, 7) is 8.19. The fraction of sp³-hybridized carbons (Fsp3) is 0.350. The lowest BCUT2D eigenvalue weighted by Crippen LogP contribution is -2.23. The molecule has 0 spiro atoms. The highest BCUT2D eigenvalue weighted by atomic mass is 32.2. The minimum absolute atomic E-state index is 0.106. The van der Waals surface area contributed by atoms with E-state index in [9.17, 15) is 9.59 Å². The number of nitrogens with zero attached hydrogens (tertiary/aromatic N) is 4. The molecule has 0 radical (unpaired) electrons. The van der Waals surface area contributed by atoms with Crippen LogP contribution in [0.3, 0.4) is 0 Å². The van der Waals surface area contributed by atoms with Crippen molar-refractivity contribution in [3.8, 4) is 0 Å². The van der Waals surface area contributed by atoms with E-state index < -0.39 is 5.25 Å². The summed E-state index contributed by atoms with van der Waals surface area (Å²) >= 11 is 2.70. The fourth-order valence-electron chi connectivity index (χ4n) is 2.74. The van der Waals surface area contributed by atoms with E-state index in [1.54, 1.807) is 6.92 Å². The first-order valence-corrected chi connectivity index (χ1v) is 11.3. The van der Waals surface area contributed by atoms with Gasteiger partial charge in [-0.05, 0) is 39.3 Å². The van der Waals surface area contributed by atoms with Crippen molar-refractivity contribution in [3.05, 3.63) is 46.7 Å². The topological polar surface area (TPSA) is 102 Å². The summed E-state index contributed by atoms with van der Waals surface area (Å²) in [6.07, 6.45) is 0.106. The molecule has 0 saturated carbocycles. The Balaban J connectivity index is 1.63. The number of hydrogen-bond acceptors (Lipinski definition) is 7. The Kier molecular flexibility index (Phi) is 7.22. The predicted molar refractivity (Wildman–Crippen MR) is 120 cm³/mol. The number of benzene rings is 1. The van der Waals surface area contributed by atoms with Gasteiger partial charge in [-0.25, -0.2) is 4.98 Å². The molecule has 0 aliphatic heterocycles. The number of carbonyl (C=O) groups excluding carboxylic acids is 2. The summed E-state index contributed by atoms with van der Waals surface area (Å²) in [6, 6.07) is 7.61. The van der Waals surface area contributed by atoms with E-state index in [-0.39, 0.29) is 18.2 Å². The summed E-state index contributed by atoms with van der Waals surface area (Å²) in [5.41, 5.74) is 2.65. The van der Waals surface area contributed by atoms with E-state index in [0.717, 1.165) is 16.9 Å². The molecular weight excluding hydrogens is 420 g/mol. The number of rotatable bonds is 8. The Morgan fingerprint density at radius 2 is 1.97 bits per heavy atom. The van der Waals surface area contributed by atoms with Gasteiger partial charge in [0.25, 0.3) is 0 Å². The first-order valence-electron chi connectivity index (χ1n) is 9.54. The molecule has 0 saturated heterocycles. The zero-order chi connectivity index (χ0) is 21.7. The first kappa shape index (κ1) is 22.0. The zero-order valence-electron chi connectivity index (χ0n) is 17.3. The van der Waals surface area contributed by atoms with Crippen LogP contribution in [0.1, 0.15) is 30.9 Å². The normalized spacial score (nSPS) is 11.9. The maximum Gasteiger partial charge on any atom is 0.239 e. The molecule has 10 heteroatoms. The number of aryl methyl sites for hydroxylation is 2. The van der Waals surface area contributed by atoms with Crippen molar-refractivity contribution in [2.75, 3.05) is 10.6 Å². The number of nitrogens with one attached hydrogen (secondary N) is 2. The lowest BCUT2D eigenvalue weighted by Gasteiger charge is -2.12. The monoisotopic (exact) mass is 444 g/mol. The van der Waals surface area contributed by atoms with Crippen LogP contribution in [0.25, 0.3) is 0 Å². The molecule has 0 aliphatic carbocycles. The summed E-state index contributed by atoms with van der Waals surface area (Å²) < 4.78 is 1.86. The Hall–Kier alpha value is -2.72. The van der Waals surface area contributed by atoms with Gasteiger partial charge in [0.05, 0.1) is 17.4 Å². The largest absolute Gasteiger partial charge is 0.325 e. The Morgan fingerprint density at radius 1 is 1.20 bits per heavy atom. The third-order valence-electron chi connectivity index (χ3n) is 4.35.